The Balaban J connectivity index is 1.50. The van der Waals surface area contributed by atoms with Gasteiger partial charge in [-0.15, -0.1) is 0 Å². The maximum atomic E-state index is 14.3. The predicted molar refractivity (Wildman–Crippen MR) is 128 cm³/mol. The van der Waals surface area contributed by atoms with Crippen molar-refractivity contribution in [2.75, 3.05) is 20.2 Å². The maximum absolute atomic E-state index is 14.3. The molecule has 1 aromatic heterocycles. The van der Waals surface area contributed by atoms with Crippen molar-refractivity contribution in [3.63, 3.8) is 0 Å². The molecule has 5 nitrogen and oxygen atoms in total. The van der Waals surface area contributed by atoms with Crippen molar-refractivity contribution < 1.29 is 19.0 Å². The Labute approximate surface area is 198 Å². The monoisotopic (exact) mass is 462 g/mol. The number of nitrogens with one attached hydrogen (secondary N) is 1. The van der Waals surface area contributed by atoms with Crippen molar-refractivity contribution in [1.82, 2.24) is 9.88 Å². The molecule has 0 unspecified atom stereocenters. The molecule has 178 valence electrons. The molecule has 2 aliphatic heterocycles. The summed E-state index contributed by atoms with van der Waals surface area (Å²) in [4.78, 5) is 6.04. The Morgan fingerprint density at radius 3 is 2.85 bits per heavy atom. The molecule has 1 spiro atoms. The molecule has 1 saturated carbocycles. The average Bonchev–Trinajstić information content (AvgIpc) is 3.47. The molecule has 6 heteroatoms. The van der Waals surface area contributed by atoms with Crippen LogP contribution in [-0.2, 0) is 11.8 Å². The van der Waals surface area contributed by atoms with Gasteiger partial charge in [0, 0.05) is 35.5 Å². The summed E-state index contributed by atoms with van der Waals surface area (Å²) < 4.78 is 26.8. The lowest BCUT2D eigenvalue weighted by molar-refractivity contribution is -0.162. The minimum Gasteiger partial charge on any atom is -0.493 e. The van der Waals surface area contributed by atoms with E-state index < -0.39 is 11.0 Å². The van der Waals surface area contributed by atoms with Gasteiger partial charge in [-0.25, -0.2) is 4.39 Å². The minimum atomic E-state index is -1.07. The van der Waals surface area contributed by atoms with Crippen LogP contribution in [0, 0.1) is 18.7 Å². The number of aromatic nitrogens is 1. The molecule has 2 aliphatic carbocycles. The number of fused-ring (bicyclic) bond motifs is 5. The van der Waals surface area contributed by atoms with E-state index in [-0.39, 0.29) is 18.0 Å². The number of methoxy groups -OCH3 is 1. The van der Waals surface area contributed by atoms with E-state index in [1.54, 1.807) is 19.2 Å². The Morgan fingerprint density at radius 2 is 2.09 bits per heavy atom. The number of aromatic amines is 1. The number of aliphatic hydroxyl groups is 1. The van der Waals surface area contributed by atoms with Gasteiger partial charge in [0.1, 0.15) is 5.82 Å². The smallest absolute Gasteiger partial charge is 0.166 e. The number of H-pyrrole nitrogens is 1. The number of likely N-dealkylation sites (tertiary alicyclic amines) is 1. The molecule has 2 N–H and O–H groups in total. The molecule has 2 aromatic carbocycles. The SMILES string of the molecule is COc1ccc(C)c2c1O[C@H]1c3[nH]c4ccc(F)cc4c3C[C@@]3(O)[C@@H](C)N(CC4CC4)CC[C@]213. The predicted octanol–water partition coefficient (Wildman–Crippen LogP) is 4.79. The molecule has 3 aromatic rings. The Hall–Kier alpha value is -2.57. The highest BCUT2D eigenvalue weighted by molar-refractivity contribution is 5.86. The van der Waals surface area contributed by atoms with Crippen molar-refractivity contribution in [2.45, 2.75) is 62.7 Å². The maximum Gasteiger partial charge on any atom is 0.166 e. The van der Waals surface area contributed by atoms with E-state index in [4.69, 9.17) is 9.47 Å². The molecular formula is C28H31FN2O3. The van der Waals surface area contributed by atoms with E-state index in [9.17, 15) is 9.50 Å². The van der Waals surface area contributed by atoms with Crippen LogP contribution in [0.4, 0.5) is 4.39 Å². The molecule has 0 radical (unpaired) electrons. The molecule has 2 fully saturated rings. The highest BCUT2D eigenvalue weighted by atomic mass is 19.1. The third kappa shape index (κ3) is 2.46. The lowest BCUT2D eigenvalue weighted by Crippen LogP contribution is -2.71. The normalized spacial score (nSPS) is 32.0. The van der Waals surface area contributed by atoms with Crippen LogP contribution in [0.2, 0.25) is 0 Å². The van der Waals surface area contributed by atoms with Gasteiger partial charge in [-0.05, 0) is 81.0 Å². The summed E-state index contributed by atoms with van der Waals surface area (Å²) in [5, 5.41) is 13.7. The molecule has 7 rings (SSSR count). The molecule has 3 heterocycles. The van der Waals surface area contributed by atoms with Crippen LogP contribution in [0.5, 0.6) is 11.5 Å². The summed E-state index contributed by atoms with van der Waals surface area (Å²) >= 11 is 0. The van der Waals surface area contributed by atoms with E-state index in [0.717, 1.165) is 64.5 Å². The van der Waals surface area contributed by atoms with Crippen molar-refractivity contribution in [2.24, 2.45) is 5.92 Å². The summed E-state index contributed by atoms with van der Waals surface area (Å²) in [5.41, 5.74) is 3.34. The van der Waals surface area contributed by atoms with E-state index >= 15 is 0 Å². The first-order valence-corrected chi connectivity index (χ1v) is 12.5. The van der Waals surface area contributed by atoms with E-state index in [2.05, 4.69) is 29.8 Å². The van der Waals surface area contributed by atoms with Crippen LogP contribution >= 0.6 is 0 Å². The lowest BCUT2D eigenvalue weighted by Gasteiger charge is -2.59. The summed E-state index contributed by atoms with van der Waals surface area (Å²) in [6.07, 6.45) is 3.44. The number of ether oxygens (including phenoxy) is 2. The summed E-state index contributed by atoms with van der Waals surface area (Å²) in [7, 11) is 1.66. The van der Waals surface area contributed by atoms with Crippen LogP contribution in [0.3, 0.4) is 0 Å². The van der Waals surface area contributed by atoms with Gasteiger partial charge >= 0.3 is 0 Å². The first kappa shape index (κ1) is 20.8. The third-order valence-corrected chi connectivity index (χ3v) is 9.28. The fourth-order valence-corrected chi connectivity index (χ4v) is 7.36. The zero-order valence-corrected chi connectivity index (χ0v) is 20.0. The van der Waals surface area contributed by atoms with Gasteiger partial charge in [0.15, 0.2) is 17.6 Å². The van der Waals surface area contributed by atoms with E-state index in [1.807, 2.05) is 6.07 Å². The second-order valence-corrected chi connectivity index (χ2v) is 10.9. The largest absolute Gasteiger partial charge is 0.493 e. The van der Waals surface area contributed by atoms with Gasteiger partial charge in [-0.1, -0.05) is 6.07 Å². The third-order valence-electron chi connectivity index (χ3n) is 9.28. The van der Waals surface area contributed by atoms with Gasteiger partial charge in [-0.3, -0.25) is 4.90 Å². The number of nitrogens with zero attached hydrogens (tertiary/aromatic N) is 1. The van der Waals surface area contributed by atoms with Crippen molar-refractivity contribution in [1.29, 1.82) is 0 Å². The molecule has 4 aliphatic rings. The zero-order chi connectivity index (χ0) is 23.4. The Kier molecular flexibility index (Phi) is 4.13. The van der Waals surface area contributed by atoms with Crippen molar-refractivity contribution >= 4 is 10.9 Å². The van der Waals surface area contributed by atoms with Crippen LogP contribution in [0.1, 0.15) is 54.7 Å². The summed E-state index contributed by atoms with van der Waals surface area (Å²) in [6, 6.07) is 8.84. The number of rotatable bonds is 3. The second-order valence-electron chi connectivity index (χ2n) is 10.9. The van der Waals surface area contributed by atoms with Crippen LogP contribution in [0.15, 0.2) is 30.3 Å². The molecule has 0 bridgehead atoms. The van der Waals surface area contributed by atoms with Crippen LogP contribution in [-0.4, -0.2) is 46.8 Å². The highest BCUT2D eigenvalue weighted by Crippen LogP contribution is 2.66. The standard InChI is InChI=1S/C28H31FN2O3/c1-15-4-9-22(33-3)25-23(15)27-10-11-31(14-17-5-6-17)16(2)28(27,32)13-20-19-12-18(29)7-8-21(19)30-24(20)26(27)34-25/h4,7-9,12,16-17,26,30,32H,5-6,10-11,13-14H2,1-3H3/t16-,26+,27+,28-/m1/s1. The molecular weight excluding hydrogens is 431 g/mol. The average molecular weight is 463 g/mol. The number of aryl methyl sites for hydroxylation is 1. The van der Waals surface area contributed by atoms with Gasteiger partial charge in [-0.2, -0.15) is 0 Å². The highest BCUT2D eigenvalue weighted by Gasteiger charge is 2.70. The summed E-state index contributed by atoms with van der Waals surface area (Å²) in [5.74, 6) is 1.92. The lowest BCUT2D eigenvalue weighted by atomic mass is 9.52. The van der Waals surface area contributed by atoms with Crippen LogP contribution in [0.25, 0.3) is 10.9 Å². The number of halogens is 1. The van der Waals surface area contributed by atoms with E-state index in [1.165, 1.54) is 18.9 Å². The van der Waals surface area contributed by atoms with Gasteiger partial charge < -0.3 is 19.6 Å². The zero-order valence-electron chi connectivity index (χ0n) is 20.0. The number of hydrogen-bond donors (Lipinski definition) is 2. The molecule has 0 amide bonds. The van der Waals surface area contributed by atoms with Crippen molar-refractivity contribution in [3.05, 3.63) is 58.5 Å². The fourth-order valence-electron chi connectivity index (χ4n) is 7.36. The first-order chi connectivity index (χ1) is 16.4. The minimum absolute atomic E-state index is 0.0591. The number of hydrogen-bond acceptors (Lipinski definition) is 4. The van der Waals surface area contributed by atoms with Crippen molar-refractivity contribution in [3.8, 4) is 11.5 Å². The topological polar surface area (TPSA) is 57.7 Å². The number of piperidine rings is 1. The fraction of sp³-hybridized carbons (Fsp3) is 0.500. The second kappa shape index (κ2) is 6.76. The summed E-state index contributed by atoms with van der Waals surface area (Å²) in [6.45, 7) is 6.23. The number of benzene rings is 2. The molecule has 34 heavy (non-hydrogen) atoms. The molecule has 4 atom stereocenters. The Bertz CT molecular complexity index is 1330. The van der Waals surface area contributed by atoms with Gasteiger partial charge in [0.05, 0.1) is 23.8 Å². The van der Waals surface area contributed by atoms with Gasteiger partial charge in [0.25, 0.3) is 0 Å². The quantitative estimate of drug-likeness (QED) is 0.588. The van der Waals surface area contributed by atoms with Crippen LogP contribution < -0.4 is 9.47 Å². The first-order valence-electron chi connectivity index (χ1n) is 12.5. The Morgan fingerprint density at radius 1 is 1.26 bits per heavy atom. The van der Waals surface area contributed by atoms with E-state index in [0.29, 0.717) is 12.2 Å². The van der Waals surface area contributed by atoms with Gasteiger partial charge in [0.2, 0.25) is 0 Å². The molecule has 1 saturated heterocycles.